The van der Waals surface area contributed by atoms with Gasteiger partial charge in [-0.3, -0.25) is 0 Å². The summed E-state index contributed by atoms with van der Waals surface area (Å²) in [5.41, 5.74) is 1.34. The molecule has 0 aliphatic rings. The molecule has 1 aromatic carbocycles. The smallest absolute Gasteiger partial charge is 0.122 e. The van der Waals surface area contributed by atoms with Gasteiger partial charge in [-0.2, -0.15) is 0 Å². The van der Waals surface area contributed by atoms with Crippen LogP contribution < -0.4 is 4.74 Å². The highest BCUT2D eigenvalue weighted by atomic mass is 16.5. The van der Waals surface area contributed by atoms with E-state index in [-0.39, 0.29) is 0 Å². The van der Waals surface area contributed by atoms with E-state index in [2.05, 4.69) is 39.0 Å². The summed E-state index contributed by atoms with van der Waals surface area (Å²) in [5, 5.41) is 0. The fraction of sp³-hybridized carbons (Fsp3) is 0.538. The van der Waals surface area contributed by atoms with Crippen LogP contribution in [0.4, 0.5) is 0 Å². The molecule has 14 heavy (non-hydrogen) atoms. The van der Waals surface area contributed by atoms with Crippen molar-refractivity contribution in [3.63, 3.8) is 0 Å². The molecule has 0 amide bonds. The molecule has 0 saturated carbocycles. The lowest BCUT2D eigenvalue weighted by Gasteiger charge is -2.15. The fourth-order valence-corrected chi connectivity index (χ4v) is 1.45. The zero-order valence-corrected chi connectivity index (χ0v) is 9.42. The van der Waals surface area contributed by atoms with E-state index in [1.165, 1.54) is 5.56 Å². The molecule has 0 N–H and O–H groups in total. The van der Waals surface area contributed by atoms with Crippen LogP contribution in [0.5, 0.6) is 5.75 Å². The van der Waals surface area contributed by atoms with E-state index in [4.69, 9.17) is 4.74 Å². The summed E-state index contributed by atoms with van der Waals surface area (Å²) in [6.07, 6.45) is 2.22. The highest BCUT2D eigenvalue weighted by Crippen LogP contribution is 2.28. The van der Waals surface area contributed by atoms with E-state index in [1.807, 2.05) is 6.07 Å². The predicted octanol–water partition coefficient (Wildman–Crippen LogP) is 3.99. The molecule has 1 atom stereocenters. The Bertz CT molecular complexity index is 268. The first kappa shape index (κ1) is 11.1. The van der Waals surface area contributed by atoms with Gasteiger partial charge in [-0.05, 0) is 30.4 Å². The van der Waals surface area contributed by atoms with E-state index in [9.17, 15) is 0 Å². The second kappa shape index (κ2) is 5.69. The molecule has 0 aliphatic carbocycles. The molecular formula is C13H20O. The molecule has 0 radical (unpaired) electrons. The van der Waals surface area contributed by atoms with Gasteiger partial charge < -0.3 is 4.74 Å². The maximum absolute atomic E-state index is 5.71. The standard InChI is InChI=1S/C13H20O/c1-4-10-14-13-9-7-6-8-12(13)11(3)5-2/h6-9,11H,4-5,10H2,1-3H3/t11-/m0/s1. The number of hydrogen-bond acceptors (Lipinski definition) is 1. The topological polar surface area (TPSA) is 9.23 Å². The molecule has 78 valence electrons. The Kier molecular flexibility index (Phi) is 4.51. The second-order valence-electron chi connectivity index (χ2n) is 3.70. The van der Waals surface area contributed by atoms with Gasteiger partial charge in [-0.1, -0.05) is 39.0 Å². The Hall–Kier alpha value is -0.980. The summed E-state index contributed by atoms with van der Waals surface area (Å²) >= 11 is 0. The number of para-hydroxylation sites is 1. The van der Waals surface area contributed by atoms with Gasteiger partial charge in [0.25, 0.3) is 0 Å². The zero-order chi connectivity index (χ0) is 10.4. The number of benzene rings is 1. The van der Waals surface area contributed by atoms with Crippen molar-refractivity contribution >= 4 is 0 Å². The average Bonchev–Trinajstić information content (AvgIpc) is 2.25. The Morgan fingerprint density at radius 3 is 2.57 bits per heavy atom. The van der Waals surface area contributed by atoms with Crippen LogP contribution in [0.25, 0.3) is 0 Å². The molecule has 0 aliphatic heterocycles. The van der Waals surface area contributed by atoms with E-state index in [1.54, 1.807) is 0 Å². The summed E-state index contributed by atoms with van der Waals surface area (Å²) < 4.78 is 5.71. The largest absolute Gasteiger partial charge is 0.493 e. The van der Waals surface area contributed by atoms with Crippen LogP contribution in [-0.4, -0.2) is 6.61 Å². The maximum Gasteiger partial charge on any atom is 0.122 e. The van der Waals surface area contributed by atoms with Crippen LogP contribution in [0.15, 0.2) is 24.3 Å². The van der Waals surface area contributed by atoms with E-state index >= 15 is 0 Å². The minimum Gasteiger partial charge on any atom is -0.493 e. The van der Waals surface area contributed by atoms with Crippen molar-refractivity contribution in [1.29, 1.82) is 0 Å². The van der Waals surface area contributed by atoms with Gasteiger partial charge in [0.2, 0.25) is 0 Å². The first-order chi connectivity index (χ1) is 6.79. The van der Waals surface area contributed by atoms with Crippen molar-refractivity contribution in [3.05, 3.63) is 29.8 Å². The molecule has 1 heteroatoms. The predicted molar refractivity (Wildman–Crippen MR) is 60.9 cm³/mol. The third-order valence-electron chi connectivity index (χ3n) is 2.52. The third-order valence-corrected chi connectivity index (χ3v) is 2.52. The minimum atomic E-state index is 0.586. The molecule has 0 aromatic heterocycles. The van der Waals surface area contributed by atoms with Crippen LogP contribution in [0, 0.1) is 0 Å². The molecule has 0 bridgehead atoms. The first-order valence-electron chi connectivity index (χ1n) is 5.51. The van der Waals surface area contributed by atoms with Gasteiger partial charge in [0.15, 0.2) is 0 Å². The molecule has 1 aromatic rings. The van der Waals surface area contributed by atoms with Crippen molar-refractivity contribution in [2.45, 2.75) is 39.5 Å². The Labute approximate surface area is 87.1 Å². The summed E-state index contributed by atoms with van der Waals surface area (Å²) in [6.45, 7) is 7.40. The van der Waals surface area contributed by atoms with Gasteiger partial charge in [0.1, 0.15) is 5.75 Å². The van der Waals surface area contributed by atoms with Crippen LogP contribution >= 0.6 is 0 Å². The van der Waals surface area contributed by atoms with Crippen molar-refractivity contribution < 1.29 is 4.74 Å². The lowest BCUT2D eigenvalue weighted by atomic mass is 9.98. The van der Waals surface area contributed by atoms with Crippen molar-refractivity contribution in [2.75, 3.05) is 6.61 Å². The fourth-order valence-electron chi connectivity index (χ4n) is 1.45. The van der Waals surface area contributed by atoms with Gasteiger partial charge in [-0.25, -0.2) is 0 Å². The van der Waals surface area contributed by atoms with Gasteiger partial charge in [0.05, 0.1) is 6.61 Å². The van der Waals surface area contributed by atoms with Gasteiger partial charge >= 0.3 is 0 Å². The van der Waals surface area contributed by atoms with E-state index < -0.39 is 0 Å². The molecule has 0 spiro atoms. The van der Waals surface area contributed by atoms with Gasteiger partial charge in [-0.15, -0.1) is 0 Å². The monoisotopic (exact) mass is 192 g/mol. The zero-order valence-electron chi connectivity index (χ0n) is 9.42. The number of rotatable bonds is 5. The molecule has 1 nitrogen and oxygen atoms in total. The lowest BCUT2D eigenvalue weighted by molar-refractivity contribution is 0.312. The summed E-state index contributed by atoms with van der Waals surface area (Å²) in [7, 11) is 0. The normalized spacial score (nSPS) is 12.5. The SMILES string of the molecule is CCCOc1ccccc1[C@@H](C)CC. The van der Waals surface area contributed by atoms with E-state index in [0.29, 0.717) is 5.92 Å². The molecule has 0 heterocycles. The Morgan fingerprint density at radius 2 is 1.93 bits per heavy atom. The molecule has 0 saturated heterocycles. The number of ether oxygens (including phenoxy) is 1. The average molecular weight is 192 g/mol. The van der Waals surface area contributed by atoms with Crippen LogP contribution in [0.3, 0.4) is 0 Å². The maximum atomic E-state index is 5.71. The van der Waals surface area contributed by atoms with Crippen molar-refractivity contribution in [3.8, 4) is 5.75 Å². The quantitative estimate of drug-likeness (QED) is 0.685. The van der Waals surface area contributed by atoms with Crippen molar-refractivity contribution in [1.82, 2.24) is 0 Å². The molecule has 0 unspecified atom stereocenters. The first-order valence-corrected chi connectivity index (χ1v) is 5.51. The van der Waals surface area contributed by atoms with Crippen molar-refractivity contribution in [2.24, 2.45) is 0 Å². The van der Waals surface area contributed by atoms with Crippen LogP contribution in [-0.2, 0) is 0 Å². The Balaban J connectivity index is 2.79. The molecule has 1 rings (SSSR count). The van der Waals surface area contributed by atoms with E-state index in [0.717, 1.165) is 25.2 Å². The summed E-state index contributed by atoms with van der Waals surface area (Å²) in [6, 6.07) is 8.35. The number of hydrogen-bond donors (Lipinski definition) is 0. The highest BCUT2D eigenvalue weighted by Gasteiger charge is 2.08. The highest BCUT2D eigenvalue weighted by molar-refractivity contribution is 5.35. The third kappa shape index (κ3) is 2.76. The second-order valence-corrected chi connectivity index (χ2v) is 3.70. The Morgan fingerprint density at radius 1 is 1.21 bits per heavy atom. The molecule has 0 fully saturated rings. The van der Waals surface area contributed by atoms with Crippen LogP contribution in [0.2, 0.25) is 0 Å². The van der Waals surface area contributed by atoms with Crippen LogP contribution in [0.1, 0.15) is 45.1 Å². The lowest BCUT2D eigenvalue weighted by Crippen LogP contribution is -2.00. The summed E-state index contributed by atoms with van der Waals surface area (Å²) in [5.74, 6) is 1.65. The summed E-state index contributed by atoms with van der Waals surface area (Å²) in [4.78, 5) is 0. The minimum absolute atomic E-state index is 0.586. The van der Waals surface area contributed by atoms with Gasteiger partial charge in [0, 0.05) is 0 Å². The molecular weight excluding hydrogens is 172 g/mol.